The van der Waals surface area contributed by atoms with Crippen molar-refractivity contribution in [2.45, 2.75) is 0 Å². The van der Waals surface area contributed by atoms with Gasteiger partial charge in [0, 0.05) is 26.2 Å². The number of rotatable bonds is 3. The first-order valence-electron chi connectivity index (χ1n) is 8.83. The second kappa shape index (κ2) is 5.92. The minimum Gasteiger partial charge on any atom is -0.463 e. The van der Waals surface area contributed by atoms with Crippen LogP contribution in [-0.2, 0) is 0 Å². The molecule has 9 nitrogen and oxygen atoms in total. The largest absolute Gasteiger partial charge is 0.463 e. The van der Waals surface area contributed by atoms with Crippen LogP contribution in [-0.4, -0.2) is 57.3 Å². The lowest BCUT2D eigenvalue weighted by Crippen LogP contribution is -2.33. The molecule has 0 unspecified atom stereocenters. The first kappa shape index (κ1) is 16.0. The quantitative estimate of drug-likeness (QED) is 0.692. The number of fused-ring (bicyclic) bond motifs is 2. The van der Waals surface area contributed by atoms with Crippen LogP contribution < -0.4 is 11.1 Å². The number of likely N-dealkylation sites (tertiary alicyclic amines) is 1. The molecule has 3 N–H and O–H groups in total. The van der Waals surface area contributed by atoms with Crippen molar-refractivity contribution >= 4 is 17.5 Å². The molecule has 0 radical (unpaired) electrons. The van der Waals surface area contributed by atoms with E-state index in [0.29, 0.717) is 42.1 Å². The zero-order chi connectivity index (χ0) is 18.5. The molecule has 3 aromatic rings. The number of carbonyl (C=O) groups excluding carboxylic acids is 2. The van der Waals surface area contributed by atoms with Gasteiger partial charge in [0.05, 0.1) is 6.26 Å². The number of furan rings is 1. The highest BCUT2D eigenvalue weighted by Gasteiger charge is 2.39. The van der Waals surface area contributed by atoms with E-state index < -0.39 is 5.91 Å². The Morgan fingerprint density at radius 3 is 2.70 bits per heavy atom. The number of imidazole rings is 1. The highest BCUT2D eigenvalue weighted by atomic mass is 16.3. The maximum absolute atomic E-state index is 13.3. The van der Waals surface area contributed by atoms with Crippen molar-refractivity contribution in [3.05, 3.63) is 42.2 Å². The fourth-order valence-electron chi connectivity index (χ4n) is 4.04. The average Bonchev–Trinajstić information content (AvgIpc) is 3.42. The van der Waals surface area contributed by atoms with E-state index in [2.05, 4.69) is 15.3 Å². The number of nitrogens with two attached hydrogens (primary N) is 1. The maximum atomic E-state index is 13.3. The number of hydrogen-bond donors (Lipinski definition) is 2. The summed E-state index contributed by atoms with van der Waals surface area (Å²) in [5.41, 5.74) is 6.55. The zero-order valence-electron chi connectivity index (χ0n) is 14.5. The molecule has 3 aromatic heterocycles. The summed E-state index contributed by atoms with van der Waals surface area (Å²) in [4.78, 5) is 35.4. The van der Waals surface area contributed by atoms with Gasteiger partial charge in [-0.15, -0.1) is 0 Å². The smallest absolute Gasteiger partial charge is 0.271 e. The number of aromatic nitrogens is 3. The van der Waals surface area contributed by atoms with E-state index in [1.54, 1.807) is 18.2 Å². The molecule has 2 aliphatic rings. The molecule has 9 heteroatoms. The minimum atomic E-state index is -0.693. The number of primary amides is 1. The molecule has 27 heavy (non-hydrogen) atoms. The maximum Gasteiger partial charge on any atom is 0.271 e. The van der Waals surface area contributed by atoms with Crippen LogP contribution in [0.4, 0.5) is 0 Å². The van der Waals surface area contributed by atoms with Crippen molar-refractivity contribution in [3.63, 3.8) is 0 Å². The Morgan fingerprint density at radius 2 is 2.04 bits per heavy atom. The Kier molecular flexibility index (Phi) is 3.51. The van der Waals surface area contributed by atoms with Crippen molar-refractivity contribution in [3.8, 4) is 11.5 Å². The van der Waals surface area contributed by atoms with Crippen LogP contribution in [0.25, 0.3) is 17.1 Å². The number of nitrogens with one attached hydrogen (secondary N) is 1. The predicted octanol–water partition coefficient (Wildman–Crippen LogP) is 0.380. The normalized spacial score (nSPS) is 21.7. The molecule has 0 bridgehead atoms. The van der Waals surface area contributed by atoms with Crippen molar-refractivity contribution < 1.29 is 14.0 Å². The third kappa shape index (κ3) is 2.50. The summed E-state index contributed by atoms with van der Waals surface area (Å²) in [6.45, 7) is 3.31. The molecule has 5 rings (SSSR count). The number of nitrogens with zero attached hydrogens (tertiary/aromatic N) is 4. The van der Waals surface area contributed by atoms with Gasteiger partial charge in [-0.2, -0.15) is 0 Å². The van der Waals surface area contributed by atoms with Crippen molar-refractivity contribution in [2.24, 2.45) is 17.6 Å². The van der Waals surface area contributed by atoms with Crippen LogP contribution in [0.1, 0.15) is 21.0 Å². The topological polar surface area (TPSA) is 119 Å². The Morgan fingerprint density at radius 1 is 1.26 bits per heavy atom. The van der Waals surface area contributed by atoms with E-state index in [1.807, 2.05) is 4.90 Å². The third-order valence-corrected chi connectivity index (χ3v) is 5.40. The van der Waals surface area contributed by atoms with Gasteiger partial charge in [-0.25, -0.2) is 9.97 Å². The van der Waals surface area contributed by atoms with E-state index >= 15 is 0 Å². The molecule has 2 saturated heterocycles. The zero-order valence-corrected chi connectivity index (χ0v) is 14.5. The van der Waals surface area contributed by atoms with E-state index in [4.69, 9.17) is 10.2 Å². The number of amides is 2. The van der Waals surface area contributed by atoms with Crippen LogP contribution in [0.15, 0.2) is 35.2 Å². The molecule has 0 spiro atoms. The number of carbonyl (C=O) groups is 2. The molecule has 2 amide bonds. The summed E-state index contributed by atoms with van der Waals surface area (Å²) in [6, 6.07) is 5.16. The lowest BCUT2D eigenvalue weighted by molar-refractivity contribution is 0.0774. The SMILES string of the molecule is NC(=O)c1ncn2c(C(=O)N3C[C@H]4CNC[C@H]4C3)cc(-c3ccco3)nc12. The van der Waals surface area contributed by atoms with Gasteiger partial charge in [0.15, 0.2) is 17.1 Å². The summed E-state index contributed by atoms with van der Waals surface area (Å²) in [7, 11) is 0. The Bertz CT molecular complexity index is 1030. The molecule has 2 atom stereocenters. The average molecular weight is 366 g/mol. The van der Waals surface area contributed by atoms with Gasteiger partial charge in [0.2, 0.25) is 0 Å². The van der Waals surface area contributed by atoms with Gasteiger partial charge in [-0.3, -0.25) is 14.0 Å². The van der Waals surface area contributed by atoms with Crippen molar-refractivity contribution in [1.82, 2.24) is 24.6 Å². The van der Waals surface area contributed by atoms with Gasteiger partial charge < -0.3 is 20.4 Å². The summed E-state index contributed by atoms with van der Waals surface area (Å²) in [5, 5.41) is 3.37. The predicted molar refractivity (Wildman–Crippen MR) is 95.0 cm³/mol. The van der Waals surface area contributed by atoms with E-state index in [9.17, 15) is 9.59 Å². The standard InChI is InChI=1S/C18H18N6O3/c19-16(25)15-17-22-12(14-2-1-3-27-14)4-13(24(17)9-21-15)18(26)23-7-10-5-20-6-11(10)8-23/h1-4,9-11,20H,5-8H2,(H2,19,25)/t10-,11+. The summed E-state index contributed by atoms with van der Waals surface area (Å²) < 4.78 is 6.95. The highest BCUT2D eigenvalue weighted by Crippen LogP contribution is 2.29. The first-order valence-corrected chi connectivity index (χ1v) is 8.83. The van der Waals surface area contributed by atoms with Gasteiger partial charge in [0.25, 0.3) is 11.8 Å². The molecule has 0 aromatic carbocycles. The molecule has 0 saturated carbocycles. The Balaban J connectivity index is 1.62. The monoisotopic (exact) mass is 366 g/mol. The lowest BCUT2D eigenvalue weighted by atomic mass is 10.0. The first-order chi connectivity index (χ1) is 13.1. The van der Waals surface area contributed by atoms with Gasteiger partial charge >= 0.3 is 0 Å². The van der Waals surface area contributed by atoms with E-state index in [-0.39, 0.29) is 17.2 Å². The molecule has 2 fully saturated rings. The lowest BCUT2D eigenvalue weighted by Gasteiger charge is -2.18. The fourth-order valence-corrected chi connectivity index (χ4v) is 4.04. The number of hydrogen-bond acceptors (Lipinski definition) is 6. The minimum absolute atomic E-state index is 0.0277. The molecular weight excluding hydrogens is 348 g/mol. The summed E-state index contributed by atoms with van der Waals surface area (Å²) in [5.74, 6) is 0.671. The van der Waals surface area contributed by atoms with Gasteiger partial charge in [-0.1, -0.05) is 0 Å². The van der Waals surface area contributed by atoms with Crippen molar-refractivity contribution in [2.75, 3.05) is 26.2 Å². The molecule has 0 aliphatic carbocycles. The van der Waals surface area contributed by atoms with Crippen LogP contribution >= 0.6 is 0 Å². The third-order valence-electron chi connectivity index (χ3n) is 5.40. The van der Waals surface area contributed by atoms with Crippen LogP contribution in [0.3, 0.4) is 0 Å². The van der Waals surface area contributed by atoms with Gasteiger partial charge in [0.1, 0.15) is 17.7 Å². The van der Waals surface area contributed by atoms with E-state index in [0.717, 1.165) is 13.1 Å². The molecular formula is C18H18N6O3. The Hall–Kier alpha value is -3.20. The van der Waals surface area contributed by atoms with Crippen LogP contribution in [0, 0.1) is 11.8 Å². The second-order valence-corrected chi connectivity index (χ2v) is 7.04. The molecule has 5 heterocycles. The fraction of sp³-hybridized carbons (Fsp3) is 0.333. The summed E-state index contributed by atoms with van der Waals surface area (Å²) in [6.07, 6.45) is 2.95. The van der Waals surface area contributed by atoms with Crippen LogP contribution in [0.2, 0.25) is 0 Å². The summed E-state index contributed by atoms with van der Waals surface area (Å²) >= 11 is 0. The molecule has 138 valence electrons. The van der Waals surface area contributed by atoms with Gasteiger partial charge in [-0.05, 0) is 30.0 Å². The highest BCUT2D eigenvalue weighted by molar-refractivity contribution is 5.99. The Labute approximate surface area is 154 Å². The second-order valence-electron chi connectivity index (χ2n) is 7.04. The van der Waals surface area contributed by atoms with E-state index in [1.165, 1.54) is 17.0 Å². The van der Waals surface area contributed by atoms with Crippen molar-refractivity contribution in [1.29, 1.82) is 0 Å². The van der Waals surface area contributed by atoms with Crippen LogP contribution in [0.5, 0.6) is 0 Å². The molecule has 2 aliphatic heterocycles.